The molecule has 2 fully saturated rings. The summed E-state index contributed by atoms with van der Waals surface area (Å²) >= 11 is 0. The SMILES string of the molecule is CCC1CN(C(=O)Cc2cnnn2C)CC1N1CCOCC1. The molecule has 122 valence electrons. The van der Waals surface area contributed by atoms with Crippen LogP contribution in [0.2, 0.25) is 0 Å². The number of likely N-dealkylation sites (tertiary alicyclic amines) is 1. The highest BCUT2D eigenvalue weighted by Crippen LogP contribution is 2.26. The summed E-state index contributed by atoms with van der Waals surface area (Å²) in [5.41, 5.74) is 0.868. The van der Waals surface area contributed by atoms with E-state index in [9.17, 15) is 4.79 Å². The lowest BCUT2D eigenvalue weighted by atomic mass is 9.99. The van der Waals surface area contributed by atoms with Crippen LogP contribution >= 0.6 is 0 Å². The Labute approximate surface area is 131 Å². The fourth-order valence-electron chi connectivity index (χ4n) is 3.52. The van der Waals surface area contributed by atoms with Crippen molar-refractivity contribution in [3.63, 3.8) is 0 Å². The molecule has 3 heterocycles. The maximum Gasteiger partial charge on any atom is 0.228 e. The number of rotatable bonds is 4. The second-order valence-electron chi connectivity index (χ2n) is 6.21. The molecule has 22 heavy (non-hydrogen) atoms. The third-order valence-electron chi connectivity index (χ3n) is 4.94. The molecule has 1 aromatic rings. The molecule has 7 nitrogen and oxygen atoms in total. The quantitative estimate of drug-likeness (QED) is 0.779. The molecule has 2 atom stereocenters. The van der Waals surface area contributed by atoms with E-state index in [0.717, 1.165) is 51.5 Å². The molecule has 1 aromatic heterocycles. The Morgan fingerprint density at radius 2 is 2.14 bits per heavy atom. The van der Waals surface area contributed by atoms with E-state index in [2.05, 4.69) is 22.1 Å². The first-order valence-electron chi connectivity index (χ1n) is 8.12. The fourth-order valence-corrected chi connectivity index (χ4v) is 3.52. The van der Waals surface area contributed by atoms with Gasteiger partial charge in [0.1, 0.15) is 0 Å². The van der Waals surface area contributed by atoms with E-state index in [1.165, 1.54) is 0 Å². The summed E-state index contributed by atoms with van der Waals surface area (Å²) in [6, 6.07) is 0.475. The van der Waals surface area contributed by atoms with Crippen LogP contribution in [0.4, 0.5) is 0 Å². The van der Waals surface area contributed by atoms with Crippen molar-refractivity contribution < 1.29 is 9.53 Å². The first-order valence-corrected chi connectivity index (χ1v) is 8.12. The van der Waals surface area contributed by atoms with E-state index in [1.54, 1.807) is 10.9 Å². The second-order valence-corrected chi connectivity index (χ2v) is 6.21. The maximum absolute atomic E-state index is 12.6. The Balaban J connectivity index is 1.63. The summed E-state index contributed by atoms with van der Waals surface area (Å²) in [6.45, 7) is 7.50. The monoisotopic (exact) mass is 307 g/mol. The molecule has 2 saturated heterocycles. The molecule has 2 aliphatic heterocycles. The van der Waals surface area contributed by atoms with E-state index in [-0.39, 0.29) is 5.91 Å². The van der Waals surface area contributed by atoms with Crippen molar-refractivity contribution in [2.24, 2.45) is 13.0 Å². The summed E-state index contributed by atoms with van der Waals surface area (Å²) in [5.74, 6) is 0.742. The van der Waals surface area contributed by atoms with Crippen molar-refractivity contribution in [1.29, 1.82) is 0 Å². The molecule has 7 heteroatoms. The average molecular weight is 307 g/mol. The van der Waals surface area contributed by atoms with Gasteiger partial charge in [0.05, 0.1) is 31.5 Å². The van der Waals surface area contributed by atoms with Crippen LogP contribution in [0.3, 0.4) is 0 Å². The topological polar surface area (TPSA) is 63.5 Å². The van der Waals surface area contributed by atoms with E-state index in [1.807, 2.05) is 11.9 Å². The summed E-state index contributed by atoms with van der Waals surface area (Å²) < 4.78 is 7.12. The number of carbonyl (C=O) groups is 1. The zero-order valence-corrected chi connectivity index (χ0v) is 13.4. The van der Waals surface area contributed by atoms with Gasteiger partial charge in [0.25, 0.3) is 0 Å². The van der Waals surface area contributed by atoms with E-state index >= 15 is 0 Å². The first-order chi connectivity index (χ1) is 10.7. The number of ether oxygens (including phenoxy) is 1. The highest BCUT2D eigenvalue weighted by molar-refractivity contribution is 5.78. The number of aromatic nitrogens is 3. The van der Waals surface area contributed by atoms with Gasteiger partial charge in [0.2, 0.25) is 5.91 Å². The van der Waals surface area contributed by atoms with Gasteiger partial charge in [-0.25, -0.2) is 0 Å². The molecule has 2 aliphatic rings. The number of morpholine rings is 1. The Morgan fingerprint density at radius 3 is 2.77 bits per heavy atom. The minimum Gasteiger partial charge on any atom is -0.379 e. The van der Waals surface area contributed by atoms with Crippen LogP contribution in [-0.2, 0) is 23.0 Å². The van der Waals surface area contributed by atoms with Crippen LogP contribution in [0.1, 0.15) is 19.0 Å². The zero-order valence-electron chi connectivity index (χ0n) is 13.4. The average Bonchev–Trinajstić information content (AvgIpc) is 3.15. The van der Waals surface area contributed by atoms with Crippen molar-refractivity contribution in [3.05, 3.63) is 11.9 Å². The van der Waals surface area contributed by atoms with Crippen LogP contribution in [0.25, 0.3) is 0 Å². The van der Waals surface area contributed by atoms with Gasteiger partial charge in [-0.15, -0.1) is 5.10 Å². The summed E-state index contributed by atoms with van der Waals surface area (Å²) in [7, 11) is 1.82. The van der Waals surface area contributed by atoms with Gasteiger partial charge in [-0.1, -0.05) is 18.6 Å². The number of amides is 1. The molecule has 1 amide bonds. The van der Waals surface area contributed by atoms with Crippen LogP contribution in [0.5, 0.6) is 0 Å². The lowest BCUT2D eigenvalue weighted by Crippen LogP contribution is -2.47. The minimum absolute atomic E-state index is 0.180. The first kappa shape index (κ1) is 15.4. The predicted octanol–water partition coefficient (Wildman–Crippen LogP) is -0.0732. The van der Waals surface area contributed by atoms with Crippen molar-refractivity contribution in [3.8, 4) is 0 Å². The third kappa shape index (κ3) is 3.15. The van der Waals surface area contributed by atoms with Gasteiger partial charge >= 0.3 is 0 Å². The smallest absolute Gasteiger partial charge is 0.228 e. The van der Waals surface area contributed by atoms with Gasteiger partial charge in [-0.05, 0) is 5.92 Å². The molecular formula is C15H25N5O2. The highest BCUT2D eigenvalue weighted by Gasteiger charge is 2.38. The summed E-state index contributed by atoms with van der Waals surface area (Å²) in [5, 5.41) is 7.73. The van der Waals surface area contributed by atoms with E-state index in [0.29, 0.717) is 18.4 Å². The Kier molecular flexibility index (Phi) is 4.73. The van der Waals surface area contributed by atoms with Crippen LogP contribution in [-0.4, -0.2) is 76.1 Å². The van der Waals surface area contributed by atoms with Crippen LogP contribution < -0.4 is 0 Å². The number of hydrogen-bond donors (Lipinski definition) is 0. The van der Waals surface area contributed by atoms with Crippen molar-refractivity contribution in [2.75, 3.05) is 39.4 Å². The van der Waals surface area contributed by atoms with Gasteiger partial charge in [-0.2, -0.15) is 0 Å². The Bertz CT molecular complexity index is 512. The fraction of sp³-hybridized carbons (Fsp3) is 0.800. The second kappa shape index (κ2) is 6.75. The molecule has 0 bridgehead atoms. The van der Waals surface area contributed by atoms with Crippen LogP contribution in [0, 0.1) is 5.92 Å². The molecule has 3 rings (SSSR count). The van der Waals surface area contributed by atoms with Crippen molar-refractivity contribution >= 4 is 5.91 Å². The highest BCUT2D eigenvalue weighted by atomic mass is 16.5. The van der Waals surface area contributed by atoms with E-state index in [4.69, 9.17) is 4.74 Å². The number of carbonyl (C=O) groups excluding carboxylic acids is 1. The van der Waals surface area contributed by atoms with Crippen molar-refractivity contribution in [1.82, 2.24) is 24.8 Å². The molecular weight excluding hydrogens is 282 g/mol. The predicted molar refractivity (Wildman–Crippen MR) is 81.2 cm³/mol. The molecule has 0 saturated carbocycles. The standard InChI is InChI=1S/C15H25N5O2/c1-3-12-10-20(11-14(12)19-4-6-22-7-5-19)15(21)8-13-9-16-17-18(13)2/h9,12,14H,3-8,10-11H2,1-2H3. The molecule has 0 aliphatic carbocycles. The lowest BCUT2D eigenvalue weighted by molar-refractivity contribution is -0.129. The number of aryl methyl sites for hydroxylation is 1. The molecule has 2 unspecified atom stereocenters. The molecule has 0 spiro atoms. The van der Waals surface area contributed by atoms with Gasteiger partial charge in [-0.3, -0.25) is 14.4 Å². The lowest BCUT2D eigenvalue weighted by Gasteiger charge is -2.34. The largest absolute Gasteiger partial charge is 0.379 e. The molecule has 0 N–H and O–H groups in total. The molecule has 0 radical (unpaired) electrons. The molecule has 0 aromatic carbocycles. The van der Waals surface area contributed by atoms with E-state index < -0.39 is 0 Å². The van der Waals surface area contributed by atoms with Crippen LogP contribution in [0.15, 0.2) is 6.20 Å². The maximum atomic E-state index is 12.6. The van der Waals surface area contributed by atoms with Gasteiger partial charge in [0, 0.05) is 39.3 Å². The number of nitrogens with zero attached hydrogens (tertiary/aromatic N) is 5. The zero-order chi connectivity index (χ0) is 15.5. The van der Waals surface area contributed by atoms with Gasteiger partial charge < -0.3 is 9.64 Å². The normalized spacial score (nSPS) is 26.5. The summed E-state index contributed by atoms with van der Waals surface area (Å²) in [6.07, 6.45) is 3.17. The minimum atomic E-state index is 0.180. The summed E-state index contributed by atoms with van der Waals surface area (Å²) in [4.78, 5) is 17.1. The van der Waals surface area contributed by atoms with Gasteiger partial charge in [0.15, 0.2) is 0 Å². The number of hydrogen-bond acceptors (Lipinski definition) is 5. The Morgan fingerprint density at radius 1 is 1.36 bits per heavy atom. The van der Waals surface area contributed by atoms with Crippen molar-refractivity contribution in [2.45, 2.75) is 25.8 Å². The third-order valence-corrected chi connectivity index (χ3v) is 4.94. The Hall–Kier alpha value is -1.47.